The van der Waals surface area contributed by atoms with Gasteiger partial charge in [0.15, 0.2) is 0 Å². The number of hydrogen-bond donors (Lipinski definition) is 1. The summed E-state index contributed by atoms with van der Waals surface area (Å²) >= 11 is 0. The van der Waals surface area contributed by atoms with E-state index in [1.807, 2.05) is 20.8 Å². The Bertz CT molecular complexity index is 579. The smallest absolute Gasteiger partial charge is 0.463 e. The van der Waals surface area contributed by atoms with E-state index in [0.29, 0.717) is 12.2 Å². The molecule has 108 valence electrons. The van der Waals surface area contributed by atoms with E-state index < -0.39 is 17.6 Å². The molecule has 1 N–H and O–H groups in total. The number of ether oxygens (including phenoxy) is 1. The molecule has 1 aliphatic rings. The molecule has 1 aromatic heterocycles. The van der Waals surface area contributed by atoms with Crippen LogP contribution in [0.15, 0.2) is 6.20 Å². The van der Waals surface area contributed by atoms with Crippen molar-refractivity contribution >= 4 is 12.1 Å². The molecule has 0 saturated carbocycles. The Kier molecular flexibility index (Phi) is 3.25. The summed E-state index contributed by atoms with van der Waals surface area (Å²) in [4.78, 5) is 31.3. The van der Waals surface area contributed by atoms with Gasteiger partial charge in [-0.1, -0.05) is 0 Å². The number of esters is 1. The zero-order chi connectivity index (χ0) is 15.1. The molecule has 2 rings (SSSR count). The van der Waals surface area contributed by atoms with Crippen LogP contribution in [0, 0.1) is 0 Å². The van der Waals surface area contributed by atoms with Gasteiger partial charge in [0.2, 0.25) is 5.82 Å². The van der Waals surface area contributed by atoms with E-state index in [0.717, 1.165) is 5.56 Å². The van der Waals surface area contributed by atoms with Gasteiger partial charge in [-0.15, -0.1) is 0 Å². The number of aromatic nitrogens is 2. The van der Waals surface area contributed by atoms with Crippen LogP contribution in [0.1, 0.15) is 42.6 Å². The van der Waals surface area contributed by atoms with Gasteiger partial charge in [-0.3, -0.25) is 0 Å². The molecule has 20 heavy (non-hydrogen) atoms. The van der Waals surface area contributed by atoms with Gasteiger partial charge in [0.1, 0.15) is 24.3 Å². The maximum Gasteiger partial charge on any atom is 0.514 e. The standard InChI is InChI=1S/C13H17N3O4/c1-13(2,3)16(12(18)19)6-8-5-14-10(11(17)20-4)15-9(8)7-16/h5H,6-7H2,1-4H3/p+1. The first-order valence-electron chi connectivity index (χ1n) is 6.25. The molecule has 0 spiro atoms. The summed E-state index contributed by atoms with van der Waals surface area (Å²) in [5, 5.41) is 9.63. The number of amides is 1. The van der Waals surface area contributed by atoms with Crippen molar-refractivity contribution in [2.45, 2.75) is 39.4 Å². The predicted octanol–water partition coefficient (Wildman–Crippen LogP) is 1.57. The topological polar surface area (TPSA) is 89.4 Å². The van der Waals surface area contributed by atoms with E-state index >= 15 is 0 Å². The summed E-state index contributed by atoms with van der Waals surface area (Å²) < 4.78 is 4.43. The molecular weight excluding hydrogens is 262 g/mol. The third-order valence-corrected chi connectivity index (χ3v) is 3.83. The average molecular weight is 280 g/mol. The maximum atomic E-state index is 11.7. The number of rotatable bonds is 1. The van der Waals surface area contributed by atoms with E-state index in [4.69, 9.17) is 0 Å². The number of carbonyl (C=O) groups is 2. The molecule has 0 aromatic carbocycles. The Morgan fingerprint density at radius 1 is 1.35 bits per heavy atom. The normalized spacial score (nSPS) is 21.4. The first-order valence-corrected chi connectivity index (χ1v) is 6.25. The Morgan fingerprint density at radius 3 is 2.50 bits per heavy atom. The first-order chi connectivity index (χ1) is 9.21. The Morgan fingerprint density at radius 2 is 2.00 bits per heavy atom. The molecule has 0 bridgehead atoms. The highest BCUT2D eigenvalue weighted by molar-refractivity contribution is 5.85. The van der Waals surface area contributed by atoms with Crippen molar-refractivity contribution < 1.29 is 23.9 Å². The van der Waals surface area contributed by atoms with Gasteiger partial charge in [-0.2, -0.15) is 4.79 Å². The van der Waals surface area contributed by atoms with Crippen molar-refractivity contribution in [2.75, 3.05) is 7.11 Å². The number of quaternary nitrogens is 1. The van der Waals surface area contributed by atoms with Crippen molar-refractivity contribution in [3.8, 4) is 0 Å². The molecule has 1 amide bonds. The summed E-state index contributed by atoms with van der Waals surface area (Å²) in [5.41, 5.74) is 0.866. The number of carboxylic acid groups (broad SMARTS) is 1. The third kappa shape index (κ3) is 2.03. The molecule has 1 aliphatic heterocycles. The molecule has 0 aliphatic carbocycles. The summed E-state index contributed by atoms with van der Waals surface area (Å²) in [6.45, 7) is 6.18. The first kappa shape index (κ1) is 14.4. The van der Waals surface area contributed by atoms with Crippen LogP contribution in [0.3, 0.4) is 0 Å². The molecule has 7 heteroatoms. The second-order valence-corrected chi connectivity index (χ2v) is 5.89. The van der Waals surface area contributed by atoms with Crippen LogP contribution in [0.25, 0.3) is 0 Å². The van der Waals surface area contributed by atoms with Crippen molar-refractivity contribution in [3.63, 3.8) is 0 Å². The highest BCUT2D eigenvalue weighted by atomic mass is 16.5. The van der Waals surface area contributed by atoms with Gasteiger partial charge < -0.3 is 9.84 Å². The third-order valence-electron chi connectivity index (χ3n) is 3.83. The van der Waals surface area contributed by atoms with Crippen molar-refractivity contribution in [1.29, 1.82) is 0 Å². The van der Waals surface area contributed by atoms with Crippen LogP contribution >= 0.6 is 0 Å². The summed E-state index contributed by atoms with van der Waals surface area (Å²) in [5.74, 6) is -0.658. The van der Waals surface area contributed by atoms with E-state index in [-0.39, 0.29) is 16.9 Å². The Hall–Kier alpha value is -2.02. The second-order valence-electron chi connectivity index (χ2n) is 5.89. The molecular formula is C13H18N3O4+. The van der Waals surface area contributed by atoms with E-state index in [2.05, 4.69) is 14.7 Å². The highest BCUT2D eigenvalue weighted by Gasteiger charge is 2.52. The maximum absolute atomic E-state index is 11.7. The van der Waals surface area contributed by atoms with Crippen LogP contribution in [-0.2, 0) is 17.8 Å². The quantitative estimate of drug-likeness (QED) is 0.620. The molecule has 2 heterocycles. The van der Waals surface area contributed by atoms with Crippen molar-refractivity contribution in [1.82, 2.24) is 9.97 Å². The van der Waals surface area contributed by atoms with Gasteiger partial charge in [-0.25, -0.2) is 19.2 Å². The Balaban J connectivity index is 2.44. The number of nitrogens with zero attached hydrogens (tertiary/aromatic N) is 3. The minimum Gasteiger partial charge on any atom is -0.463 e. The lowest BCUT2D eigenvalue weighted by atomic mass is 10.0. The lowest BCUT2D eigenvalue weighted by Crippen LogP contribution is -2.59. The lowest BCUT2D eigenvalue weighted by Gasteiger charge is -2.39. The number of fused-ring (bicyclic) bond motifs is 1. The molecule has 1 aromatic rings. The van der Waals surface area contributed by atoms with Gasteiger partial charge in [0, 0.05) is 6.20 Å². The summed E-state index contributed by atoms with van der Waals surface area (Å²) in [6.07, 6.45) is 0.610. The minimum atomic E-state index is -0.907. The van der Waals surface area contributed by atoms with Crippen LogP contribution in [-0.4, -0.2) is 44.3 Å². The molecule has 1 atom stereocenters. The molecule has 0 saturated heterocycles. The molecule has 7 nitrogen and oxygen atoms in total. The molecule has 0 fully saturated rings. The van der Waals surface area contributed by atoms with Crippen molar-refractivity contribution in [3.05, 3.63) is 23.3 Å². The van der Waals surface area contributed by atoms with Crippen molar-refractivity contribution in [2.24, 2.45) is 0 Å². The highest BCUT2D eigenvalue weighted by Crippen LogP contribution is 2.37. The largest absolute Gasteiger partial charge is 0.514 e. The van der Waals surface area contributed by atoms with Gasteiger partial charge in [0.25, 0.3) is 0 Å². The predicted molar refractivity (Wildman–Crippen MR) is 68.8 cm³/mol. The van der Waals surface area contributed by atoms with Gasteiger partial charge >= 0.3 is 12.1 Å². The average Bonchev–Trinajstić information content (AvgIpc) is 2.76. The number of carbonyl (C=O) groups excluding carboxylic acids is 1. The summed E-state index contributed by atoms with van der Waals surface area (Å²) in [6, 6.07) is 0. The van der Waals surface area contributed by atoms with Crippen LogP contribution < -0.4 is 0 Å². The van der Waals surface area contributed by atoms with Gasteiger partial charge in [-0.05, 0) is 20.8 Å². The Labute approximate surface area is 116 Å². The minimum absolute atomic E-state index is 0.0365. The van der Waals surface area contributed by atoms with E-state index in [1.54, 1.807) is 0 Å². The van der Waals surface area contributed by atoms with Gasteiger partial charge in [0.05, 0.1) is 12.7 Å². The zero-order valence-corrected chi connectivity index (χ0v) is 12.0. The number of methoxy groups -OCH3 is 1. The van der Waals surface area contributed by atoms with E-state index in [1.165, 1.54) is 13.3 Å². The molecule has 1 unspecified atom stereocenters. The fourth-order valence-corrected chi connectivity index (χ4v) is 2.40. The zero-order valence-electron chi connectivity index (χ0n) is 12.0. The van der Waals surface area contributed by atoms with Crippen LogP contribution in [0.2, 0.25) is 0 Å². The summed E-state index contributed by atoms with van der Waals surface area (Å²) in [7, 11) is 1.26. The van der Waals surface area contributed by atoms with E-state index in [9.17, 15) is 14.7 Å². The number of hydrogen-bond acceptors (Lipinski definition) is 5. The fourth-order valence-electron chi connectivity index (χ4n) is 2.40. The SMILES string of the molecule is COC(=O)c1ncc2c(n1)C[N+](C(=O)O)(C(C)(C)C)C2. The second kappa shape index (κ2) is 4.52. The lowest BCUT2D eigenvalue weighted by molar-refractivity contribution is -0.922. The fraction of sp³-hybridized carbons (Fsp3) is 0.538. The monoisotopic (exact) mass is 280 g/mol. The van der Waals surface area contributed by atoms with Crippen LogP contribution in [0.4, 0.5) is 4.79 Å². The molecule has 0 radical (unpaired) electrons. The van der Waals surface area contributed by atoms with Crippen LogP contribution in [0.5, 0.6) is 0 Å².